The van der Waals surface area contributed by atoms with Crippen LogP contribution in [-0.2, 0) is 10.0 Å². The van der Waals surface area contributed by atoms with Crippen LogP contribution in [0.5, 0.6) is 0 Å². The van der Waals surface area contributed by atoms with Crippen LogP contribution in [0.3, 0.4) is 0 Å². The van der Waals surface area contributed by atoms with Crippen molar-refractivity contribution in [3.8, 4) is 0 Å². The summed E-state index contributed by atoms with van der Waals surface area (Å²) < 4.78 is 38.6. The maximum atomic E-state index is 13.0. The highest BCUT2D eigenvalue weighted by Crippen LogP contribution is 2.19. The van der Waals surface area contributed by atoms with Gasteiger partial charge >= 0.3 is 0 Å². The van der Waals surface area contributed by atoms with Crippen molar-refractivity contribution in [3.63, 3.8) is 0 Å². The van der Waals surface area contributed by atoms with Crippen molar-refractivity contribution in [2.24, 2.45) is 5.73 Å². The Kier molecular flexibility index (Phi) is 3.41. The van der Waals surface area contributed by atoms with Gasteiger partial charge in [-0.15, -0.1) is 0 Å². The lowest BCUT2D eigenvalue weighted by Crippen LogP contribution is -2.45. The molecule has 1 atom stereocenters. The first-order valence-electron chi connectivity index (χ1n) is 5.36. The average Bonchev–Trinajstić information content (AvgIpc) is 2.29. The fourth-order valence-electron chi connectivity index (χ4n) is 1.87. The fourth-order valence-corrected chi connectivity index (χ4v) is 3.39. The number of hydrogen-bond donors (Lipinski definition) is 1. The SMILES string of the molecule is N[C@@H]1CCCN(S(=O)(=O)c2cncc(F)c2)C1. The Bertz CT molecular complexity index is 506. The number of rotatable bonds is 2. The molecule has 0 aromatic carbocycles. The van der Waals surface area contributed by atoms with Crippen LogP contribution in [0.15, 0.2) is 23.4 Å². The van der Waals surface area contributed by atoms with E-state index in [4.69, 9.17) is 5.73 Å². The number of piperidine rings is 1. The van der Waals surface area contributed by atoms with Gasteiger partial charge in [0.05, 0.1) is 6.20 Å². The number of aromatic nitrogens is 1. The zero-order chi connectivity index (χ0) is 12.5. The summed E-state index contributed by atoms with van der Waals surface area (Å²) in [6.45, 7) is 0.700. The highest BCUT2D eigenvalue weighted by Gasteiger charge is 2.29. The monoisotopic (exact) mass is 259 g/mol. The van der Waals surface area contributed by atoms with E-state index in [-0.39, 0.29) is 17.5 Å². The zero-order valence-corrected chi connectivity index (χ0v) is 10.0. The quantitative estimate of drug-likeness (QED) is 0.830. The van der Waals surface area contributed by atoms with E-state index < -0.39 is 15.8 Å². The van der Waals surface area contributed by atoms with Gasteiger partial charge in [-0.05, 0) is 18.9 Å². The van der Waals surface area contributed by atoms with Crippen molar-refractivity contribution in [3.05, 3.63) is 24.3 Å². The molecule has 1 aromatic heterocycles. The first-order chi connectivity index (χ1) is 8.00. The number of halogens is 1. The highest BCUT2D eigenvalue weighted by molar-refractivity contribution is 7.89. The number of pyridine rings is 1. The third kappa shape index (κ3) is 2.62. The maximum absolute atomic E-state index is 13.0. The molecular formula is C10H14FN3O2S. The minimum Gasteiger partial charge on any atom is -0.327 e. The zero-order valence-electron chi connectivity index (χ0n) is 9.21. The Morgan fingerprint density at radius 2 is 2.24 bits per heavy atom. The average molecular weight is 259 g/mol. The van der Waals surface area contributed by atoms with Crippen LogP contribution >= 0.6 is 0 Å². The van der Waals surface area contributed by atoms with E-state index in [1.807, 2.05) is 0 Å². The van der Waals surface area contributed by atoms with Crippen molar-refractivity contribution in [1.29, 1.82) is 0 Å². The molecule has 17 heavy (non-hydrogen) atoms. The molecule has 1 aromatic rings. The normalized spacial score (nSPS) is 22.6. The molecule has 0 saturated carbocycles. The van der Waals surface area contributed by atoms with Crippen LogP contribution in [-0.4, -0.2) is 36.8 Å². The van der Waals surface area contributed by atoms with Crippen LogP contribution in [0.25, 0.3) is 0 Å². The largest absolute Gasteiger partial charge is 0.327 e. The van der Waals surface area contributed by atoms with Crippen LogP contribution in [0.2, 0.25) is 0 Å². The van der Waals surface area contributed by atoms with Crippen molar-refractivity contribution >= 4 is 10.0 Å². The predicted molar refractivity (Wildman–Crippen MR) is 60.2 cm³/mol. The first-order valence-corrected chi connectivity index (χ1v) is 6.80. The lowest BCUT2D eigenvalue weighted by molar-refractivity contribution is 0.316. The van der Waals surface area contributed by atoms with Gasteiger partial charge in [0.1, 0.15) is 10.7 Å². The molecule has 0 bridgehead atoms. The molecule has 5 nitrogen and oxygen atoms in total. The summed E-state index contributed by atoms with van der Waals surface area (Å²) in [4.78, 5) is 3.43. The second-order valence-electron chi connectivity index (χ2n) is 4.10. The Morgan fingerprint density at radius 1 is 1.47 bits per heavy atom. The van der Waals surface area contributed by atoms with Gasteiger partial charge in [0, 0.05) is 25.3 Å². The molecular weight excluding hydrogens is 245 g/mol. The molecule has 7 heteroatoms. The topological polar surface area (TPSA) is 76.3 Å². The molecule has 94 valence electrons. The van der Waals surface area contributed by atoms with E-state index in [1.165, 1.54) is 4.31 Å². The summed E-state index contributed by atoms with van der Waals surface area (Å²) >= 11 is 0. The van der Waals surface area contributed by atoms with E-state index in [0.717, 1.165) is 31.3 Å². The number of nitrogens with zero attached hydrogens (tertiary/aromatic N) is 2. The van der Waals surface area contributed by atoms with Gasteiger partial charge in [-0.1, -0.05) is 0 Å². The summed E-state index contributed by atoms with van der Waals surface area (Å²) in [6.07, 6.45) is 3.66. The molecule has 2 N–H and O–H groups in total. The van der Waals surface area contributed by atoms with Gasteiger partial charge in [-0.25, -0.2) is 12.8 Å². The Morgan fingerprint density at radius 3 is 2.88 bits per heavy atom. The lowest BCUT2D eigenvalue weighted by Gasteiger charge is -2.29. The predicted octanol–water partition coefficient (Wildman–Crippen LogP) is 0.332. The molecule has 1 aliphatic heterocycles. The summed E-state index contributed by atoms with van der Waals surface area (Å²) in [6, 6.07) is 0.822. The van der Waals surface area contributed by atoms with Gasteiger partial charge in [0.25, 0.3) is 0 Å². The van der Waals surface area contributed by atoms with E-state index >= 15 is 0 Å². The minimum atomic E-state index is -3.67. The summed E-state index contributed by atoms with van der Waals surface area (Å²) in [5.74, 6) is -0.660. The second-order valence-corrected chi connectivity index (χ2v) is 6.04. The molecule has 0 radical (unpaired) electrons. The molecule has 0 amide bonds. The molecule has 1 saturated heterocycles. The molecule has 0 aliphatic carbocycles. The molecule has 0 spiro atoms. The number of hydrogen-bond acceptors (Lipinski definition) is 4. The van der Waals surface area contributed by atoms with Crippen molar-refractivity contribution in [2.75, 3.05) is 13.1 Å². The van der Waals surface area contributed by atoms with E-state index in [1.54, 1.807) is 0 Å². The van der Waals surface area contributed by atoms with Gasteiger partial charge < -0.3 is 5.73 Å². The number of nitrogens with two attached hydrogens (primary N) is 1. The molecule has 1 aliphatic rings. The van der Waals surface area contributed by atoms with Crippen LogP contribution in [0.4, 0.5) is 4.39 Å². The third-order valence-electron chi connectivity index (χ3n) is 2.74. The van der Waals surface area contributed by atoms with E-state index in [2.05, 4.69) is 4.98 Å². The molecule has 2 heterocycles. The van der Waals surface area contributed by atoms with Crippen LogP contribution in [0, 0.1) is 5.82 Å². The van der Waals surface area contributed by atoms with Crippen molar-refractivity contribution in [1.82, 2.24) is 9.29 Å². The van der Waals surface area contributed by atoms with Gasteiger partial charge in [0.15, 0.2) is 0 Å². The molecule has 1 fully saturated rings. The maximum Gasteiger partial charge on any atom is 0.244 e. The van der Waals surface area contributed by atoms with Crippen molar-refractivity contribution < 1.29 is 12.8 Å². The van der Waals surface area contributed by atoms with Crippen LogP contribution < -0.4 is 5.73 Å². The second kappa shape index (κ2) is 4.67. The van der Waals surface area contributed by atoms with E-state index in [9.17, 15) is 12.8 Å². The van der Waals surface area contributed by atoms with Gasteiger partial charge in [0.2, 0.25) is 10.0 Å². The summed E-state index contributed by atoms with van der Waals surface area (Å²) in [5.41, 5.74) is 5.73. The summed E-state index contributed by atoms with van der Waals surface area (Å²) in [5, 5.41) is 0. The highest BCUT2D eigenvalue weighted by atomic mass is 32.2. The minimum absolute atomic E-state index is 0.119. The molecule has 0 unspecified atom stereocenters. The lowest BCUT2D eigenvalue weighted by atomic mass is 10.1. The smallest absolute Gasteiger partial charge is 0.244 e. The van der Waals surface area contributed by atoms with Gasteiger partial charge in [-0.2, -0.15) is 4.31 Å². The molecule has 2 rings (SSSR count). The Labute approximate surface area is 99.5 Å². The number of sulfonamides is 1. The fraction of sp³-hybridized carbons (Fsp3) is 0.500. The first kappa shape index (κ1) is 12.4. The van der Waals surface area contributed by atoms with Gasteiger partial charge in [-0.3, -0.25) is 4.98 Å². The van der Waals surface area contributed by atoms with Crippen molar-refractivity contribution in [2.45, 2.75) is 23.8 Å². The Balaban J connectivity index is 2.29. The van der Waals surface area contributed by atoms with E-state index in [0.29, 0.717) is 6.54 Å². The summed E-state index contributed by atoms with van der Waals surface area (Å²) in [7, 11) is -3.67. The Hall–Kier alpha value is -1.05. The standard InChI is InChI=1S/C10H14FN3O2S/c11-8-4-10(6-13-5-8)17(15,16)14-3-1-2-9(12)7-14/h4-6,9H,1-3,7,12H2/t9-/m1/s1. The third-order valence-corrected chi connectivity index (χ3v) is 4.57. The van der Waals surface area contributed by atoms with Crippen LogP contribution in [0.1, 0.15) is 12.8 Å².